The summed E-state index contributed by atoms with van der Waals surface area (Å²) in [5, 5.41) is 7.03. The summed E-state index contributed by atoms with van der Waals surface area (Å²) in [6, 6.07) is 9.45. The van der Waals surface area contributed by atoms with Crippen LogP contribution in [0.4, 0.5) is 0 Å². The van der Waals surface area contributed by atoms with Crippen LogP contribution in [0.15, 0.2) is 42.7 Å². The lowest BCUT2D eigenvalue weighted by molar-refractivity contribution is -0.121. The molecule has 1 amide bonds. The van der Waals surface area contributed by atoms with Crippen LogP contribution in [0.1, 0.15) is 30.0 Å². The maximum atomic E-state index is 11.8. The van der Waals surface area contributed by atoms with E-state index < -0.39 is 0 Å². The molecule has 1 unspecified atom stereocenters. The van der Waals surface area contributed by atoms with Gasteiger partial charge in [-0.3, -0.25) is 9.48 Å². The second-order valence-electron chi connectivity index (χ2n) is 5.20. The van der Waals surface area contributed by atoms with E-state index in [4.69, 9.17) is 5.73 Å². The van der Waals surface area contributed by atoms with Crippen molar-refractivity contribution in [1.29, 1.82) is 0 Å². The summed E-state index contributed by atoms with van der Waals surface area (Å²) in [6.07, 6.45) is 5.98. The van der Waals surface area contributed by atoms with E-state index in [0.717, 1.165) is 18.4 Å². The molecule has 0 spiro atoms. The van der Waals surface area contributed by atoms with Gasteiger partial charge in [0.05, 0.1) is 6.20 Å². The Morgan fingerprint density at radius 2 is 2.14 bits per heavy atom. The van der Waals surface area contributed by atoms with E-state index in [1.54, 1.807) is 4.68 Å². The first kappa shape index (κ1) is 15.3. The average molecular weight is 286 g/mol. The number of aryl methyl sites for hydroxylation is 2. The highest BCUT2D eigenvalue weighted by molar-refractivity contribution is 5.76. The van der Waals surface area contributed by atoms with Crippen LogP contribution in [0.3, 0.4) is 0 Å². The molecule has 2 rings (SSSR count). The predicted octanol–water partition coefficient (Wildman–Crippen LogP) is 1.56. The first-order valence-electron chi connectivity index (χ1n) is 7.20. The summed E-state index contributed by atoms with van der Waals surface area (Å²) in [4.78, 5) is 11.8. The first-order chi connectivity index (χ1) is 10.1. The fourth-order valence-electron chi connectivity index (χ4n) is 2.21. The summed E-state index contributed by atoms with van der Waals surface area (Å²) < 4.78 is 1.78. The molecule has 0 fully saturated rings. The zero-order chi connectivity index (χ0) is 15.1. The number of carbonyl (C=O) groups is 1. The maximum absolute atomic E-state index is 11.8. The Balaban J connectivity index is 1.65. The van der Waals surface area contributed by atoms with Gasteiger partial charge >= 0.3 is 0 Å². The molecule has 0 aliphatic heterocycles. The van der Waals surface area contributed by atoms with E-state index in [1.165, 1.54) is 5.56 Å². The Hall–Kier alpha value is -2.14. The summed E-state index contributed by atoms with van der Waals surface area (Å²) >= 11 is 0. The molecule has 2 aromatic rings. The van der Waals surface area contributed by atoms with Gasteiger partial charge in [0.2, 0.25) is 5.91 Å². The lowest BCUT2D eigenvalue weighted by Gasteiger charge is -2.12. The van der Waals surface area contributed by atoms with Crippen molar-refractivity contribution in [1.82, 2.24) is 15.1 Å². The van der Waals surface area contributed by atoms with Crippen LogP contribution in [0, 0.1) is 0 Å². The van der Waals surface area contributed by atoms with Crippen LogP contribution in [0.25, 0.3) is 0 Å². The van der Waals surface area contributed by atoms with Gasteiger partial charge in [-0.25, -0.2) is 0 Å². The van der Waals surface area contributed by atoms with Crippen LogP contribution < -0.4 is 11.1 Å². The molecule has 0 saturated heterocycles. The normalized spacial score (nSPS) is 12.1. The van der Waals surface area contributed by atoms with E-state index in [0.29, 0.717) is 13.0 Å². The predicted molar refractivity (Wildman–Crippen MR) is 82.5 cm³/mol. The molecule has 112 valence electrons. The summed E-state index contributed by atoms with van der Waals surface area (Å²) in [5.74, 6) is -0.00228. The lowest BCUT2D eigenvalue weighted by atomic mass is 10.0. The minimum atomic E-state index is -0.246. The fraction of sp³-hybridized carbons (Fsp3) is 0.375. The van der Waals surface area contributed by atoms with Crippen LogP contribution in [-0.4, -0.2) is 22.2 Å². The molecule has 0 saturated carbocycles. The Morgan fingerprint density at radius 3 is 2.81 bits per heavy atom. The number of benzene rings is 1. The maximum Gasteiger partial charge on any atom is 0.221 e. The van der Waals surface area contributed by atoms with E-state index in [9.17, 15) is 4.79 Å². The van der Waals surface area contributed by atoms with Gasteiger partial charge in [-0.05, 0) is 24.0 Å². The Bertz CT molecular complexity index is 565. The molecule has 1 heterocycles. The number of hydrogen-bond acceptors (Lipinski definition) is 3. The third-order valence-electron chi connectivity index (χ3n) is 3.36. The molecule has 0 radical (unpaired) electrons. The topological polar surface area (TPSA) is 72.9 Å². The van der Waals surface area contributed by atoms with Crippen molar-refractivity contribution in [3.05, 3.63) is 53.9 Å². The summed E-state index contributed by atoms with van der Waals surface area (Å²) in [6.45, 7) is 0.662. The molecule has 1 atom stereocenters. The Labute approximate surface area is 125 Å². The number of nitrogens with one attached hydrogen (secondary N) is 1. The number of amides is 1. The molecule has 0 bridgehead atoms. The van der Waals surface area contributed by atoms with Gasteiger partial charge in [0.1, 0.15) is 0 Å². The number of aromatic nitrogens is 2. The van der Waals surface area contributed by atoms with Crippen LogP contribution in [0.2, 0.25) is 0 Å². The quantitative estimate of drug-likeness (QED) is 0.759. The zero-order valence-electron chi connectivity index (χ0n) is 12.3. The third-order valence-corrected chi connectivity index (χ3v) is 3.36. The average Bonchev–Trinajstić information content (AvgIpc) is 2.90. The second-order valence-corrected chi connectivity index (χ2v) is 5.20. The van der Waals surface area contributed by atoms with Gasteiger partial charge < -0.3 is 11.1 Å². The van der Waals surface area contributed by atoms with Gasteiger partial charge in [0, 0.05) is 32.3 Å². The fourth-order valence-corrected chi connectivity index (χ4v) is 2.21. The number of carbonyl (C=O) groups excluding carboxylic acids is 1. The molecular formula is C16H22N4O. The van der Waals surface area contributed by atoms with Crippen molar-refractivity contribution in [3.63, 3.8) is 0 Å². The standard InChI is InChI=1S/C16H22N4O/c1-20-12-13(11-19-20)6-5-9-18-16(21)10-15(17)14-7-3-2-4-8-14/h2-4,7-8,11-12,15H,5-6,9-10,17H2,1H3,(H,18,21). The molecular weight excluding hydrogens is 264 g/mol. The number of hydrogen-bond donors (Lipinski definition) is 2. The van der Waals surface area contributed by atoms with Crippen molar-refractivity contribution >= 4 is 5.91 Å². The molecule has 0 aliphatic carbocycles. The monoisotopic (exact) mass is 286 g/mol. The smallest absolute Gasteiger partial charge is 0.221 e. The molecule has 1 aromatic heterocycles. The highest BCUT2D eigenvalue weighted by Gasteiger charge is 2.10. The minimum absolute atomic E-state index is 0.00228. The van der Waals surface area contributed by atoms with Crippen LogP contribution >= 0.6 is 0 Å². The SMILES string of the molecule is Cn1cc(CCCNC(=O)CC(N)c2ccccc2)cn1. The van der Waals surface area contributed by atoms with Gasteiger partial charge in [-0.1, -0.05) is 30.3 Å². The lowest BCUT2D eigenvalue weighted by Crippen LogP contribution is -2.28. The van der Waals surface area contributed by atoms with Crippen molar-refractivity contribution < 1.29 is 4.79 Å². The molecule has 5 heteroatoms. The van der Waals surface area contributed by atoms with E-state index >= 15 is 0 Å². The van der Waals surface area contributed by atoms with E-state index in [2.05, 4.69) is 10.4 Å². The number of nitrogens with zero attached hydrogens (tertiary/aromatic N) is 2. The van der Waals surface area contributed by atoms with Gasteiger partial charge in [0.15, 0.2) is 0 Å². The van der Waals surface area contributed by atoms with E-state index in [-0.39, 0.29) is 11.9 Å². The Morgan fingerprint density at radius 1 is 1.38 bits per heavy atom. The Kier molecular flexibility index (Phi) is 5.51. The number of nitrogens with two attached hydrogens (primary N) is 1. The molecule has 5 nitrogen and oxygen atoms in total. The third kappa shape index (κ3) is 5.04. The minimum Gasteiger partial charge on any atom is -0.356 e. The zero-order valence-corrected chi connectivity index (χ0v) is 12.3. The van der Waals surface area contributed by atoms with Crippen LogP contribution in [0.5, 0.6) is 0 Å². The first-order valence-corrected chi connectivity index (χ1v) is 7.20. The number of rotatable bonds is 7. The van der Waals surface area contributed by atoms with Gasteiger partial charge in [0.25, 0.3) is 0 Å². The summed E-state index contributed by atoms with van der Waals surface area (Å²) in [5.41, 5.74) is 8.20. The molecule has 1 aromatic carbocycles. The van der Waals surface area contributed by atoms with Crippen molar-refractivity contribution in [2.75, 3.05) is 6.54 Å². The molecule has 0 aliphatic rings. The highest BCUT2D eigenvalue weighted by atomic mass is 16.1. The van der Waals surface area contributed by atoms with Gasteiger partial charge in [-0.15, -0.1) is 0 Å². The molecule has 21 heavy (non-hydrogen) atoms. The summed E-state index contributed by atoms with van der Waals surface area (Å²) in [7, 11) is 1.90. The second kappa shape index (κ2) is 7.59. The highest BCUT2D eigenvalue weighted by Crippen LogP contribution is 2.12. The van der Waals surface area contributed by atoms with Crippen molar-refractivity contribution in [2.45, 2.75) is 25.3 Å². The van der Waals surface area contributed by atoms with Crippen molar-refractivity contribution in [2.24, 2.45) is 12.8 Å². The largest absolute Gasteiger partial charge is 0.356 e. The molecule has 3 N–H and O–H groups in total. The van der Waals surface area contributed by atoms with Crippen molar-refractivity contribution in [3.8, 4) is 0 Å². The van der Waals surface area contributed by atoms with E-state index in [1.807, 2.05) is 49.8 Å². The van der Waals surface area contributed by atoms with Crippen LogP contribution in [-0.2, 0) is 18.3 Å². The van der Waals surface area contributed by atoms with Gasteiger partial charge in [-0.2, -0.15) is 5.10 Å².